The molecule has 0 unspecified atom stereocenters. The molecule has 2 aromatic carbocycles. The second-order valence-corrected chi connectivity index (χ2v) is 4.19. The minimum absolute atomic E-state index is 0.148. The van der Waals surface area contributed by atoms with Crippen LogP contribution in [0.15, 0.2) is 48.5 Å². The molecule has 104 valence electrons. The second kappa shape index (κ2) is 5.54. The van der Waals surface area contributed by atoms with Crippen LogP contribution in [0.25, 0.3) is 11.1 Å². The summed E-state index contributed by atoms with van der Waals surface area (Å²) in [6.45, 7) is 0. The summed E-state index contributed by atoms with van der Waals surface area (Å²) in [5.41, 5.74) is -1.73. The number of rotatable bonds is 2. The maximum atomic E-state index is 13.0. The van der Waals surface area contributed by atoms with Gasteiger partial charge in [-0.2, -0.15) is 13.2 Å². The molecule has 0 aliphatic rings. The van der Waals surface area contributed by atoms with Gasteiger partial charge < -0.3 is 4.74 Å². The van der Waals surface area contributed by atoms with E-state index in [2.05, 4.69) is 4.74 Å². The van der Waals surface area contributed by atoms with Crippen molar-refractivity contribution in [1.82, 2.24) is 0 Å². The summed E-state index contributed by atoms with van der Waals surface area (Å²) in [5, 5.41) is 0. The Morgan fingerprint density at radius 1 is 1.00 bits per heavy atom. The predicted molar refractivity (Wildman–Crippen MR) is 68.8 cm³/mol. The Labute approximate surface area is 117 Å². The van der Waals surface area contributed by atoms with Gasteiger partial charge in [0.05, 0.1) is 5.56 Å². The highest BCUT2D eigenvalue weighted by atomic mass is 35.5. The number of para-hydroxylation sites is 1. The van der Waals surface area contributed by atoms with Crippen LogP contribution < -0.4 is 4.74 Å². The van der Waals surface area contributed by atoms with Crippen molar-refractivity contribution in [2.24, 2.45) is 0 Å². The van der Waals surface area contributed by atoms with Gasteiger partial charge in [-0.15, -0.1) is 0 Å². The first-order valence-corrected chi connectivity index (χ1v) is 5.90. The van der Waals surface area contributed by atoms with E-state index in [-0.39, 0.29) is 5.56 Å². The summed E-state index contributed by atoms with van der Waals surface area (Å²) in [4.78, 5) is 10.9. The number of benzene rings is 2. The van der Waals surface area contributed by atoms with Crippen molar-refractivity contribution in [2.75, 3.05) is 0 Å². The molecule has 0 aromatic heterocycles. The van der Waals surface area contributed by atoms with E-state index in [9.17, 15) is 18.0 Å². The van der Waals surface area contributed by atoms with Gasteiger partial charge >= 0.3 is 11.6 Å². The SMILES string of the molecule is O=C(Cl)Oc1c(-c2ccccc2)cccc1C(F)(F)F. The van der Waals surface area contributed by atoms with Crippen LogP contribution in [0.2, 0.25) is 0 Å². The highest BCUT2D eigenvalue weighted by Gasteiger charge is 2.36. The van der Waals surface area contributed by atoms with E-state index in [1.54, 1.807) is 30.3 Å². The van der Waals surface area contributed by atoms with Crippen LogP contribution in [-0.2, 0) is 6.18 Å². The van der Waals surface area contributed by atoms with Gasteiger partial charge in [0.1, 0.15) is 0 Å². The predicted octanol–water partition coefficient (Wildman–Crippen LogP) is 5.11. The fourth-order valence-electron chi connectivity index (χ4n) is 1.80. The van der Waals surface area contributed by atoms with E-state index in [1.165, 1.54) is 12.1 Å². The van der Waals surface area contributed by atoms with Crippen molar-refractivity contribution in [3.63, 3.8) is 0 Å². The minimum atomic E-state index is -4.65. The largest absolute Gasteiger partial charge is 0.420 e. The molecule has 0 fully saturated rings. The van der Waals surface area contributed by atoms with Crippen LogP contribution in [0.3, 0.4) is 0 Å². The van der Waals surface area contributed by atoms with Gasteiger partial charge in [-0.1, -0.05) is 42.5 Å². The van der Waals surface area contributed by atoms with Crippen molar-refractivity contribution in [3.8, 4) is 16.9 Å². The Hall–Kier alpha value is -2.01. The molecule has 0 bridgehead atoms. The van der Waals surface area contributed by atoms with Gasteiger partial charge in [-0.25, -0.2) is 4.79 Å². The van der Waals surface area contributed by atoms with Gasteiger partial charge in [-0.3, -0.25) is 0 Å². The number of carbonyl (C=O) groups is 1. The molecular weight excluding hydrogens is 293 g/mol. The van der Waals surface area contributed by atoms with E-state index < -0.39 is 22.9 Å². The van der Waals surface area contributed by atoms with Gasteiger partial charge in [0.2, 0.25) is 0 Å². The Morgan fingerprint density at radius 2 is 1.65 bits per heavy atom. The highest BCUT2D eigenvalue weighted by molar-refractivity contribution is 6.61. The lowest BCUT2D eigenvalue weighted by molar-refractivity contribution is -0.138. The summed E-state index contributed by atoms with van der Waals surface area (Å²) in [7, 11) is 0. The molecule has 0 spiro atoms. The minimum Gasteiger partial charge on any atom is -0.413 e. The molecule has 20 heavy (non-hydrogen) atoms. The molecule has 0 atom stereocenters. The monoisotopic (exact) mass is 300 g/mol. The number of hydrogen-bond acceptors (Lipinski definition) is 2. The molecule has 0 aliphatic carbocycles. The average Bonchev–Trinajstić information content (AvgIpc) is 2.38. The molecule has 2 rings (SSSR count). The van der Waals surface area contributed by atoms with Crippen molar-refractivity contribution in [3.05, 3.63) is 54.1 Å². The van der Waals surface area contributed by atoms with E-state index in [4.69, 9.17) is 11.6 Å². The average molecular weight is 301 g/mol. The van der Waals surface area contributed by atoms with Crippen LogP contribution in [0.4, 0.5) is 18.0 Å². The van der Waals surface area contributed by atoms with Crippen molar-refractivity contribution >= 4 is 17.0 Å². The van der Waals surface area contributed by atoms with E-state index in [1.807, 2.05) is 0 Å². The summed E-state index contributed by atoms with van der Waals surface area (Å²) < 4.78 is 43.4. The molecular formula is C14H8ClF3O2. The summed E-state index contributed by atoms with van der Waals surface area (Å²) in [5.74, 6) is -0.591. The fraction of sp³-hybridized carbons (Fsp3) is 0.0714. The van der Waals surface area contributed by atoms with Gasteiger partial charge in [0.25, 0.3) is 0 Å². The maximum absolute atomic E-state index is 13.0. The summed E-state index contributed by atoms with van der Waals surface area (Å²) in [6, 6.07) is 11.8. The van der Waals surface area contributed by atoms with Crippen LogP contribution in [0.5, 0.6) is 5.75 Å². The maximum Gasteiger partial charge on any atom is 0.420 e. The zero-order chi connectivity index (χ0) is 14.8. The van der Waals surface area contributed by atoms with E-state index in [0.717, 1.165) is 6.07 Å². The van der Waals surface area contributed by atoms with Gasteiger partial charge in [0.15, 0.2) is 5.75 Å². The quantitative estimate of drug-likeness (QED) is 0.720. The zero-order valence-electron chi connectivity index (χ0n) is 9.95. The second-order valence-electron chi connectivity index (χ2n) is 3.89. The van der Waals surface area contributed by atoms with Crippen LogP contribution in [0.1, 0.15) is 5.56 Å². The third-order valence-corrected chi connectivity index (χ3v) is 2.66. The number of alkyl halides is 3. The first kappa shape index (κ1) is 14.4. The highest BCUT2D eigenvalue weighted by Crippen LogP contribution is 2.42. The Balaban J connectivity index is 2.65. The first-order valence-electron chi connectivity index (χ1n) is 5.52. The standard InChI is InChI=1S/C14H8ClF3O2/c15-13(19)20-12-10(9-5-2-1-3-6-9)7-4-8-11(12)14(16,17)18/h1-8H. The Kier molecular flexibility index (Phi) is 3.99. The lowest BCUT2D eigenvalue weighted by atomic mass is 10.0. The van der Waals surface area contributed by atoms with Crippen LogP contribution >= 0.6 is 11.6 Å². The smallest absolute Gasteiger partial charge is 0.413 e. The molecule has 6 heteroatoms. The fourth-order valence-corrected chi connectivity index (χ4v) is 1.87. The molecule has 0 aliphatic heterocycles. The Morgan fingerprint density at radius 3 is 2.20 bits per heavy atom. The van der Waals surface area contributed by atoms with E-state index in [0.29, 0.717) is 5.56 Å². The Bertz CT molecular complexity index is 624. The third kappa shape index (κ3) is 3.11. The molecule has 0 amide bonds. The molecule has 2 nitrogen and oxygen atoms in total. The lowest BCUT2D eigenvalue weighted by Gasteiger charge is -2.15. The topological polar surface area (TPSA) is 26.3 Å². The van der Waals surface area contributed by atoms with Crippen molar-refractivity contribution < 1.29 is 22.7 Å². The lowest BCUT2D eigenvalue weighted by Crippen LogP contribution is -2.10. The van der Waals surface area contributed by atoms with Gasteiger partial charge in [0, 0.05) is 17.2 Å². The van der Waals surface area contributed by atoms with Crippen LogP contribution in [-0.4, -0.2) is 5.43 Å². The molecule has 0 saturated carbocycles. The van der Waals surface area contributed by atoms with Crippen LogP contribution in [0, 0.1) is 0 Å². The molecule has 2 aromatic rings. The van der Waals surface area contributed by atoms with Gasteiger partial charge in [-0.05, 0) is 11.6 Å². The zero-order valence-corrected chi connectivity index (χ0v) is 10.7. The number of hydrogen-bond donors (Lipinski definition) is 0. The summed E-state index contributed by atoms with van der Waals surface area (Å²) in [6.07, 6.45) is -4.65. The number of carbonyl (C=O) groups excluding carboxylic acids is 1. The molecule has 0 N–H and O–H groups in total. The third-order valence-electron chi connectivity index (χ3n) is 2.59. The van der Waals surface area contributed by atoms with E-state index >= 15 is 0 Å². The van der Waals surface area contributed by atoms with Crippen molar-refractivity contribution in [1.29, 1.82) is 0 Å². The molecule has 0 radical (unpaired) electrons. The van der Waals surface area contributed by atoms with Crippen molar-refractivity contribution in [2.45, 2.75) is 6.18 Å². The number of halogens is 4. The normalized spacial score (nSPS) is 11.2. The molecule has 0 saturated heterocycles. The molecule has 0 heterocycles. The first-order chi connectivity index (χ1) is 9.39. The summed E-state index contributed by atoms with van der Waals surface area (Å²) >= 11 is 5.07. The number of ether oxygens (including phenoxy) is 1.